The van der Waals surface area contributed by atoms with Crippen molar-refractivity contribution in [1.82, 2.24) is 0 Å². The highest BCUT2D eigenvalue weighted by atomic mass is 16.5. The molecular formula is C41H51N5O10. The predicted molar refractivity (Wildman–Crippen MR) is 209 cm³/mol. The van der Waals surface area contributed by atoms with E-state index < -0.39 is 60.1 Å². The lowest BCUT2D eigenvalue weighted by Crippen LogP contribution is -2.38. The van der Waals surface area contributed by atoms with Gasteiger partial charge in [-0.25, -0.2) is 9.59 Å². The predicted octanol–water partition coefficient (Wildman–Crippen LogP) is 2.29. The molecule has 0 fully saturated rings. The number of carbonyl (C=O) groups excluding carboxylic acids is 2. The van der Waals surface area contributed by atoms with Gasteiger partial charge in [0.25, 0.3) is 0 Å². The molecule has 15 heteroatoms. The first-order chi connectivity index (χ1) is 26.5. The lowest BCUT2D eigenvalue weighted by Gasteiger charge is -2.15. The van der Waals surface area contributed by atoms with Crippen LogP contribution in [-0.2, 0) is 49.7 Å². The zero-order chi connectivity index (χ0) is 41.8. The Labute approximate surface area is 325 Å². The van der Waals surface area contributed by atoms with Crippen LogP contribution in [0.1, 0.15) is 36.1 Å². The molecule has 0 aromatic heterocycles. The molecule has 0 saturated carbocycles. The second-order valence-corrected chi connectivity index (χ2v) is 13.1. The molecule has 13 N–H and O–H groups in total. The number of nitrogens with two attached hydrogens (primary N) is 5. The van der Waals surface area contributed by atoms with Gasteiger partial charge in [-0.15, -0.1) is 0 Å². The van der Waals surface area contributed by atoms with E-state index in [0.717, 1.165) is 16.7 Å². The van der Waals surface area contributed by atoms with Gasteiger partial charge in [0.15, 0.2) is 0 Å². The van der Waals surface area contributed by atoms with Crippen LogP contribution in [0.5, 0.6) is 11.5 Å². The van der Waals surface area contributed by atoms with Gasteiger partial charge in [0, 0.05) is 0 Å². The van der Waals surface area contributed by atoms with Crippen molar-refractivity contribution in [3.63, 3.8) is 0 Å². The number of carboxylic acids is 3. The van der Waals surface area contributed by atoms with Crippen LogP contribution in [-0.4, -0.2) is 75.4 Å². The Morgan fingerprint density at radius 1 is 0.446 bits per heavy atom. The average molecular weight is 774 g/mol. The maximum Gasteiger partial charge on any atom is 0.328 e. The van der Waals surface area contributed by atoms with Gasteiger partial charge in [0.2, 0.25) is 0 Å². The molecule has 300 valence electrons. The Bertz CT molecular complexity index is 1770. The molecule has 0 spiro atoms. The number of benzene rings is 4. The van der Waals surface area contributed by atoms with Crippen LogP contribution < -0.4 is 38.1 Å². The van der Waals surface area contributed by atoms with Crippen LogP contribution in [0.4, 0.5) is 0 Å². The largest absolute Gasteiger partial charge is 0.480 e. The van der Waals surface area contributed by atoms with Gasteiger partial charge in [-0.2, -0.15) is 0 Å². The summed E-state index contributed by atoms with van der Waals surface area (Å²) in [6.45, 7) is 3.66. The summed E-state index contributed by atoms with van der Waals surface area (Å²) in [7, 11) is 0. The van der Waals surface area contributed by atoms with Crippen molar-refractivity contribution in [2.75, 3.05) is 0 Å². The molecule has 0 unspecified atom stereocenters. The van der Waals surface area contributed by atoms with E-state index in [1.54, 1.807) is 48.5 Å². The topological polar surface area (TPSA) is 295 Å². The van der Waals surface area contributed by atoms with Gasteiger partial charge in [0.1, 0.15) is 41.7 Å². The van der Waals surface area contributed by atoms with E-state index >= 15 is 0 Å². The number of carboxylic acid groups (broad SMARTS) is 3. The fourth-order valence-electron chi connectivity index (χ4n) is 4.62. The van der Waals surface area contributed by atoms with Crippen molar-refractivity contribution in [2.24, 2.45) is 34.6 Å². The number of ether oxygens (including phenoxy) is 2. The minimum absolute atomic E-state index is 0.0377. The Balaban J connectivity index is 0.000000365. The van der Waals surface area contributed by atoms with Crippen LogP contribution in [0.3, 0.4) is 0 Å². The quantitative estimate of drug-likeness (QED) is 0.0599. The minimum atomic E-state index is -1.09. The van der Waals surface area contributed by atoms with Gasteiger partial charge in [-0.05, 0) is 78.1 Å². The minimum Gasteiger partial charge on any atom is -0.480 e. The third-order valence-electron chi connectivity index (χ3n) is 8.04. The maximum atomic E-state index is 12.3. The van der Waals surface area contributed by atoms with E-state index in [0.29, 0.717) is 29.9 Å². The summed E-state index contributed by atoms with van der Waals surface area (Å²) in [5.41, 5.74) is 31.3. The van der Waals surface area contributed by atoms with Crippen LogP contribution in [0.2, 0.25) is 0 Å². The second-order valence-electron chi connectivity index (χ2n) is 13.1. The third-order valence-corrected chi connectivity index (χ3v) is 8.04. The second kappa shape index (κ2) is 23.7. The molecule has 15 nitrogen and oxygen atoms in total. The summed E-state index contributed by atoms with van der Waals surface area (Å²) in [6, 6.07) is 27.5. The zero-order valence-electron chi connectivity index (χ0n) is 31.3. The Kier molecular flexibility index (Phi) is 19.6. The fraction of sp³-hybridized carbons (Fsp3) is 0.293. The van der Waals surface area contributed by atoms with Gasteiger partial charge in [0.05, 0.1) is 0 Å². The molecule has 56 heavy (non-hydrogen) atoms. The summed E-state index contributed by atoms with van der Waals surface area (Å²) in [5.74, 6) is -3.52. The molecule has 4 aromatic rings. The molecule has 0 heterocycles. The smallest absolute Gasteiger partial charge is 0.328 e. The SMILES string of the molecule is CC(C)[C@H](N)C(=O)Oc1ccc(C[C@H](N)C(=O)Oc2ccc(C[C@H](N)C(=O)O)cc2)cc1.N[C@@H](Cc1ccccc1)C(=O)O.N[C@@H](Cc1ccccc1)C(=O)O. The average Bonchev–Trinajstić information content (AvgIpc) is 3.17. The van der Waals surface area contributed by atoms with Gasteiger partial charge >= 0.3 is 29.8 Å². The van der Waals surface area contributed by atoms with E-state index in [-0.39, 0.29) is 18.8 Å². The van der Waals surface area contributed by atoms with Crippen molar-refractivity contribution in [3.05, 3.63) is 131 Å². The monoisotopic (exact) mass is 773 g/mol. The number of rotatable bonds is 16. The number of hydrogen-bond donors (Lipinski definition) is 8. The number of hydrogen-bond acceptors (Lipinski definition) is 12. The van der Waals surface area contributed by atoms with E-state index in [1.807, 2.05) is 74.5 Å². The first-order valence-electron chi connectivity index (χ1n) is 17.6. The molecule has 0 radical (unpaired) electrons. The van der Waals surface area contributed by atoms with E-state index in [4.69, 9.17) is 53.5 Å². The highest BCUT2D eigenvalue weighted by Gasteiger charge is 2.21. The van der Waals surface area contributed by atoms with Crippen molar-refractivity contribution in [1.29, 1.82) is 0 Å². The van der Waals surface area contributed by atoms with Gasteiger partial charge in [-0.1, -0.05) is 98.8 Å². The molecule has 0 aliphatic rings. The number of aliphatic carboxylic acids is 3. The molecule has 5 atom stereocenters. The first-order valence-corrected chi connectivity index (χ1v) is 17.6. The van der Waals surface area contributed by atoms with E-state index in [9.17, 15) is 24.0 Å². The Morgan fingerprint density at radius 2 is 0.732 bits per heavy atom. The fourth-order valence-corrected chi connectivity index (χ4v) is 4.62. The lowest BCUT2D eigenvalue weighted by atomic mass is 10.1. The van der Waals surface area contributed by atoms with E-state index in [2.05, 4.69) is 0 Å². The van der Waals surface area contributed by atoms with E-state index in [1.165, 1.54) is 0 Å². The normalized spacial score (nSPS) is 13.2. The number of esters is 2. The molecule has 0 amide bonds. The third kappa shape index (κ3) is 17.4. The molecule has 4 rings (SSSR count). The van der Waals surface area contributed by atoms with Crippen molar-refractivity contribution >= 4 is 29.8 Å². The van der Waals surface area contributed by atoms with Crippen LogP contribution in [0.25, 0.3) is 0 Å². The number of carbonyl (C=O) groups is 5. The standard InChI is InChI=1S/C23H29N3O6.2C9H11NO2/c1-13(2)20(26)23(30)32-17-9-5-15(6-10-17)12-19(25)22(29)31-16-7-3-14(4-8-16)11-18(24)21(27)28;2*10-8(9(11)12)6-7-4-2-1-3-5-7/h3-10,13,18-20H,11-12,24-26H2,1-2H3,(H,27,28);2*1-5,8H,6,10H2,(H,11,12)/t18-,19-,20-;2*8-/m000/s1. The van der Waals surface area contributed by atoms with Crippen molar-refractivity contribution in [2.45, 2.75) is 69.7 Å². The molecular weight excluding hydrogens is 722 g/mol. The zero-order valence-corrected chi connectivity index (χ0v) is 31.3. The summed E-state index contributed by atoms with van der Waals surface area (Å²) in [5, 5.41) is 25.9. The molecule has 0 bridgehead atoms. The molecule has 4 aromatic carbocycles. The highest BCUT2D eigenvalue weighted by Crippen LogP contribution is 2.17. The van der Waals surface area contributed by atoms with Gasteiger partial charge in [-0.3, -0.25) is 14.4 Å². The molecule has 0 aliphatic heterocycles. The summed E-state index contributed by atoms with van der Waals surface area (Å²) < 4.78 is 10.5. The molecule has 0 aliphatic carbocycles. The Morgan fingerprint density at radius 3 is 1.04 bits per heavy atom. The van der Waals surface area contributed by atoms with Crippen LogP contribution in [0, 0.1) is 5.92 Å². The lowest BCUT2D eigenvalue weighted by molar-refractivity contribution is -0.139. The summed E-state index contributed by atoms with van der Waals surface area (Å²) >= 11 is 0. The molecule has 0 saturated heterocycles. The maximum absolute atomic E-state index is 12.3. The Hall–Kier alpha value is -5.97. The first kappa shape index (κ1) is 46.2. The van der Waals surface area contributed by atoms with Crippen molar-refractivity contribution < 1.29 is 48.8 Å². The van der Waals surface area contributed by atoms with Gasteiger partial charge < -0.3 is 53.5 Å². The summed E-state index contributed by atoms with van der Waals surface area (Å²) in [6.07, 6.45) is 1.16. The highest BCUT2D eigenvalue weighted by molar-refractivity contribution is 5.79. The summed E-state index contributed by atoms with van der Waals surface area (Å²) in [4.78, 5) is 55.8. The van der Waals surface area contributed by atoms with Crippen LogP contribution in [0.15, 0.2) is 109 Å². The van der Waals surface area contributed by atoms with Crippen molar-refractivity contribution in [3.8, 4) is 11.5 Å². The van der Waals surface area contributed by atoms with Crippen LogP contribution >= 0.6 is 0 Å².